The lowest BCUT2D eigenvalue weighted by Crippen LogP contribution is -2.34. The van der Waals surface area contributed by atoms with Crippen LogP contribution in [0.3, 0.4) is 0 Å². The quantitative estimate of drug-likeness (QED) is 0.827. The predicted molar refractivity (Wildman–Crippen MR) is 99.3 cm³/mol. The zero-order valence-electron chi connectivity index (χ0n) is 14.5. The molecule has 1 fully saturated rings. The van der Waals surface area contributed by atoms with E-state index in [4.69, 9.17) is 30.5 Å². The number of hydrogen-bond donors (Lipinski definition) is 1. The number of hydrogen-bond acceptors (Lipinski definition) is 5. The molecule has 0 radical (unpaired) electrons. The molecular formula is C20H18ClNO5. The average molecular weight is 388 g/mol. The van der Waals surface area contributed by atoms with Crippen LogP contribution >= 0.6 is 11.6 Å². The van der Waals surface area contributed by atoms with Crippen LogP contribution in [-0.4, -0.2) is 24.9 Å². The second-order valence-corrected chi connectivity index (χ2v) is 7.33. The first-order valence-corrected chi connectivity index (χ1v) is 9.42. The minimum Gasteiger partial charge on any atom is -0.486 e. The Labute approximate surface area is 161 Å². The first kappa shape index (κ1) is 16.6. The Morgan fingerprint density at radius 1 is 0.963 bits per heavy atom. The minimum absolute atomic E-state index is 0.289. The van der Waals surface area contributed by atoms with Gasteiger partial charge in [-0.2, -0.15) is 0 Å². The highest BCUT2D eigenvalue weighted by Crippen LogP contribution is 2.47. The Bertz CT molecular complexity index is 923. The van der Waals surface area contributed by atoms with Crippen molar-refractivity contribution >= 4 is 23.2 Å². The van der Waals surface area contributed by atoms with Crippen molar-refractivity contribution in [3.05, 3.63) is 40.9 Å². The second kappa shape index (κ2) is 6.23. The van der Waals surface area contributed by atoms with E-state index in [1.165, 1.54) is 0 Å². The maximum Gasteiger partial charge on any atom is 0.255 e. The third-order valence-electron chi connectivity index (χ3n) is 5.02. The van der Waals surface area contributed by atoms with Gasteiger partial charge in [-0.25, -0.2) is 0 Å². The van der Waals surface area contributed by atoms with E-state index in [2.05, 4.69) is 5.32 Å². The molecule has 2 aromatic carbocycles. The predicted octanol–water partition coefficient (Wildman–Crippen LogP) is 4.41. The molecule has 1 N–H and O–H groups in total. The molecule has 1 spiro atoms. The standard InChI is InChI=1S/C20H18ClNO5/c21-14-9-12(10-17-18(14)25-8-7-24-17)19(23)22-13-3-4-15-16(11-13)27-20(26-15)5-1-2-6-20/h3-4,9-11H,1-2,5-8H2,(H,22,23). The van der Waals surface area contributed by atoms with Crippen molar-refractivity contribution < 1.29 is 23.7 Å². The normalized spacial score (nSPS) is 18.6. The summed E-state index contributed by atoms with van der Waals surface area (Å²) in [6.07, 6.45) is 3.98. The molecule has 0 aromatic heterocycles. The third-order valence-corrected chi connectivity index (χ3v) is 5.30. The monoisotopic (exact) mass is 387 g/mol. The molecular weight excluding hydrogens is 370 g/mol. The summed E-state index contributed by atoms with van der Waals surface area (Å²) in [5, 5.41) is 3.22. The van der Waals surface area contributed by atoms with Crippen molar-refractivity contribution in [1.29, 1.82) is 0 Å². The molecule has 6 nitrogen and oxygen atoms in total. The van der Waals surface area contributed by atoms with Crippen molar-refractivity contribution in [2.45, 2.75) is 31.5 Å². The second-order valence-electron chi connectivity index (χ2n) is 6.92. The van der Waals surface area contributed by atoms with Crippen molar-refractivity contribution in [2.75, 3.05) is 18.5 Å². The molecule has 2 heterocycles. The van der Waals surface area contributed by atoms with Crippen LogP contribution in [0.15, 0.2) is 30.3 Å². The van der Waals surface area contributed by atoms with Gasteiger partial charge in [0.05, 0.1) is 5.02 Å². The first-order valence-electron chi connectivity index (χ1n) is 9.05. The molecule has 7 heteroatoms. The number of anilines is 1. The van der Waals surface area contributed by atoms with Gasteiger partial charge in [0.15, 0.2) is 23.0 Å². The number of nitrogens with one attached hydrogen (secondary N) is 1. The van der Waals surface area contributed by atoms with Crippen molar-refractivity contribution in [2.24, 2.45) is 0 Å². The fourth-order valence-corrected chi connectivity index (χ4v) is 4.00. The van der Waals surface area contributed by atoms with Gasteiger partial charge >= 0.3 is 0 Å². The lowest BCUT2D eigenvalue weighted by Gasteiger charge is -2.21. The van der Waals surface area contributed by atoms with Crippen LogP contribution in [0.2, 0.25) is 5.02 Å². The van der Waals surface area contributed by atoms with Crippen molar-refractivity contribution in [3.63, 3.8) is 0 Å². The SMILES string of the molecule is O=C(Nc1ccc2c(c1)OC1(CCCC1)O2)c1cc(Cl)c2c(c1)OCCO2. The van der Waals surface area contributed by atoms with Crippen molar-refractivity contribution in [3.8, 4) is 23.0 Å². The van der Waals surface area contributed by atoms with Gasteiger partial charge in [-0.15, -0.1) is 0 Å². The van der Waals surface area contributed by atoms with E-state index < -0.39 is 5.79 Å². The molecule has 0 bridgehead atoms. The summed E-state index contributed by atoms with van der Waals surface area (Å²) in [5.74, 6) is 1.53. The Kier molecular flexibility index (Phi) is 3.82. The first-order chi connectivity index (χ1) is 13.1. The number of fused-ring (bicyclic) bond motifs is 2. The number of amides is 1. The molecule has 140 valence electrons. The number of rotatable bonds is 2. The average Bonchev–Trinajstić information content (AvgIpc) is 3.27. The molecule has 0 atom stereocenters. The number of ether oxygens (including phenoxy) is 4. The zero-order valence-corrected chi connectivity index (χ0v) is 15.3. The summed E-state index contributed by atoms with van der Waals surface area (Å²) in [5.41, 5.74) is 1.03. The molecule has 0 saturated heterocycles. The lowest BCUT2D eigenvalue weighted by atomic mass is 10.1. The zero-order chi connectivity index (χ0) is 18.4. The Hall–Kier alpha value is -2.60. The summed E-state index contributed by atoms with van der Waals surface area (Å²) in [6, 6.07) is 8.63. The van der Waals surface area contributed by atoms with E-state index in [1.807, 2.05) is 6.07 Å². The minimum atomic E-state index is -0.520. The number of carbonyl (C=O) groups is 1. The van der Waals surface area contributed by atoms with Crippen LogP contribution in [0, 0.1) is 0 Å². The van der Waals surface area contributed by atoms with Gasteiger partial charge in [-0.1, -0.05) is 11.6 Å². The van der Waals surface area contributed by atoms with Gasteiger partial charge in [-0.05, 0) is 37.1 Å². The van der Waals surface area contributed by atoms with Gasteiger partial charge in [0, 0.05) is 30.2 Å². The highest BCUT2D eigenvalue weighted by Gasteiger charge is 2.44. The molecule has 2 aromatic rings. The van der Waals surface area contributed by atoms with E-state index in [-0.39, 0.29) is 5.91 Å². The molecule has 2 aliphatic heterocycles. The molecule has 0 unspecified atom stereocenters. The van der Waals surface area contributed by atoms with E-state index in [1.54, 1.807) is 24.3 Å². The van der Waals surface area contributed by atoms with E-state index in [0.717, 1.165) is 31.4 Å². The van der Waals surface area contributed by atoms with Gasteiger partial charge in [-0.3, -0.25) is 4.79 Å². The van der Waals surface area contributed by atoms with Crippen LogP contribution in [0.25, 0.3) is 0 Å². The highest BCUT2D eigenvalue weighted by atomic mass is 35.5. The maximum absolute atomic E-state index is 12.7. The maximum atomic E-state index is 12.7. The number of halogens is 1. The van der Waals surface area contributed by atoms with Crippen LogP contribution in [0.4, 0.5) is 5.69 Å². The third kappa shape index (κ3) is 2.94. The van der Waals surface area contributed by atoms with Gasteiger partial charge in [0.25, 0.3) is 11.7 Å². The van der Waals surface area contributed by atoms with Gasteiger partial charge in [0.2, 0.25) is 0 Å². The molecule has 1 saturated carbocycles. The van der Waals surface area contributed by atoms with Crippen LogP contribution in [-0.2, 0) is 0 Å². The van der Waals surface area contributed by atoms with Crippen LogP contribution in [0.5, 0.6) is 23.0 Å². The number of carbonyl (C=O) groups excluding carboxylic acids is 1. The summed E-state index contributed by atoms with van der Waals surface area (Å²) in [7, 11) is 0. The molecule has 3 aliphatic rings. The summed E-state index contributed by atoms with van der Waals surface area (Å²) >= 11 is 6.22. The Balaban J connectivity index is 1.36. The smallest absolute Gasteiger partial charge is 0.255 e. The summed E-state index contributed by atoms with van der Waals surface area (Å²) < 4.78 is 23.1. The number of benzene rings is 2. The molecule has 1 aliphatic carbocycles. The van der Waals surface area contributed by atoms with Crippen LogP contribution in [0.1, 0.15) is 36.0 Å². The highest BCUT2D eigenvalue weighted by molar-refractivity contribution is 6.32. The molecule has 1 amide bonds. The summed E-state index contributed by atoms with van der Waals surface area (Å²) in [6.45, 7) is 0.870. The van der Waals surface area contributed by atoms with Gasteiger partial charge in [0.1, 0.15) is 13.2 Å². The summed E-state index contributed by atoms with van der Waals surface area (Å²) in [4.78, 5) is 12.7. The molecule has 27 heavy (non-hydrogen) atoms. The molecule has 5 rings (SSSR count). The Morgan fingerprint density at radius 3 is 2.59 bits per heavy atom. The lowest BCUT2D eigenvalue weighted by molar-refractivity contribution is -0.0716. The van der Waals surface area contributed by atoms with Crippen molar-refractivity contribution in [1.82, 2.24) is 0 Å². The van der Waals surface area contributed by atoms with E-state index in [0.29, 0.717) is 46.7 Å². The van der Waals surface area contributed by atoms with E-state index in [9.17, 15) is 4.79 Å². The van der Waals surface area contributed by atoms with E-state index >= 15 is 0 Å². The fourth-order valence-electron chi connectivity index (χ4n) is 3.73. The Morgan fingerprint density at radius 2 is 1.74 bits per heavy atom. The largest absolute Gasteiger partial charge is 0.486 e. The fraction of sp³-hybridized carbons (Fsp3) is 0.350. The topological polar surface area (TPSA) is 66.0 Å². The van der Waals surface area contributed by atoms with Crippen LogP contribution < -0.4 is 24.3 Å². The van der Waals surface area contributed by atoms with Gasteiger partial charge < -0.3 is 24.3 Å².